The quantitative estimate of drug-likeness (QED) is 0.829. The van der Waals surface area contributed by atoms with Crippen molar-refractivity contribution in [1.82, 2.24) is 14.9 Å². The molecule has 2 aromatic heterocycles. The van der Waals surface area contributed by atoms with E-state index in [4.69, 9.17) is 10.00 Å². The van der Waals surface area contributed by atoms with Crippen LogP contribution in [0.3, 0.4) is 0 Å². The van der Waals surface area contributed by atoms with E-state index in [0.29, 0.717) is 13.1 Å². The molecule has 0 unspecified atom stereocenters. The zero-order valence-electron chi connectivity index (χ0n) is 14.4. The molecule has 1 aliphatic carbocycles. The molecule has 0 bridgehead atoms. The molecule has 7 heteroatoms. The van der Waals surface area contributed by atoms with E-state index in [1.54, 1.807) is 11.3 Å². The molecular weight excluding hydrogens is 348 g/mol. The van der Waals surface area contributed by atoms with Crippen LogP contribution >= 0.6 is 11.3 Å². The van der Waals surface area contributed by atoms with E-state index in [0.717, 1.165) is 32.1 Å². The molecule has 0 spiro atoms. The third kappa shape index (κ3) is 2.95. The molecule has 0 aromatic carbocycles. The molecule has 2 aliphatic rings. The second kappa shape index (κ2) is 7.04. The van der Waals surface area contributed by atoms with Gasteiger partial charge in [0.1, 0.15) is 12.2 Å². The Hall–Kier alpha value is -2.46. The fourth-order valence-electron chi connectivity index (χ4n) is 4.05. The number of carbonyl (C=O) groups is 1. The standard InChI is InChI=1S/C19H20N4O2S/c20-12-15-17(22-9-8-21-15)25-14-5-10-23(13-14)18(24)19(6-1-2-7-19)16-4-3-11-26-16/h3-4,8-9,11,14H,1-2,5-7,10,13H2/t14-/m0/s1. The second-order valence-electron chi connectivity index (χ2n) is 6.87. The van der Waals surface area contributed by atoms with Gasteiger partial charge in [-0.2, -0.15) is 5.26 Å². The van der Waals surface area contributed by atoms with Crippen LogP contribution in [0.2, 0.25) is 0 Å². The Morgan fingerprint density at radius 3 is 2.88 bits per heavy atom. The molecule has 2 fully saturated rings. The van der Waals surface area contributed by atoms with Gasteiger partial charge in [0.05, 0.1) is 12.0 Å². The number of nitriles is 1. The Morgan fingerprint density at radius 1 is 1.35 bits per heavy atom. The normalized spacial score (nSPS) is 21.5. The lowest BCUT2D eigenvalue weighted by Gasteiger charge is -2.31. The second-order valence-corrected chi connectivity index (χ2v) is 7.82. The Balaban J connectivity index is 1.48. The highest BCUT2D eigenvalue weighted by Gasteiger charge is 2.47. The molecule has 6 nitrogen and oxygen atoms in total. The van der Waals surface area contributed by atoms with Gasteiger partial charge in [0.15, 0.2) is 0 Å². The summed E-state index contributed by atoms with van der Waals surface area (Å²) < 4.78 is 5.88. The highest BCUT2D eigenvalue weighted by molar-refractivity contribution is 7.10. The summed E-state index contributed by atoms with van der Waals surface area (Å²) in [4.78, 5) is 24.6. The molecule has 1 saturated carbocycles. The van der Waals surface area contributed by atoms with E-state index in [1.165, 1.54) is 17.3 Å². The number of aromatic nitrogens is 2. The van der Waals surface area contributed by atoms with Crippen molar-refractivity contribution in [2.24, 2.45) is 0 Å². The molecule has 0 N–H and O–H groups in total. The van der Waals surface area contributed by atoms with Crippen LogP contribution < -0.4 is 4.74 Å². The number of hydrogen-bond donors (Lipinski definition) is 0. The van der Waals surface area contributed by atoms with Gasteiger partial charge in [0.25, 0.3) is 5.88 Å². The molecule has 1 atom stereocenters. The molecular formula is C19H20N4O2S. The van der Waals surface area contributed by atoms with E-state index in [9.17, 15) is 4.79 Å². The maximum absolute atomic E-state index is 13.4. The lowest BCUT2D eigenvalue weighted by molar-refractivity contribution is -0.136. The number of likely N-dealkylation sites (tertiary alicyclic amines) is 1. The average molecular weight is 368 g/mol. The van der Waals surface area contributed by atoms with Crippen molar-refractivity contribution in [2.45, 2.75) is 43.6 Å². The minimum absolute atomic E-state index is 0.149. The number of nitrogens with zero attached hydrogens (tertiary/aromatic N) is 4. The number of ether oxygens (including phenoxy) is 1. The van der Waals surface area contributed by atoms with Crippen LogP contribution in [-0.2, 0) is 10.2 Å². The Morgan fingerprint density at radius 2 is 2.15 bits per heavy atom. The summed E-state index contributed by atoms with van der Waals surface area (Å²) in [5.74, 6) is 0.478. The number of amides is 1. The first-order valence-corrected chi connectivity index (χ1v) is 9.82. The summed E-state index contributed by atoms with van der Waals surface area (Å²) in [5.41, 5.74) is -0.170. The van der Waals surface area contributed by atoms with Crippen LogP contribution in [0.15, 0.2) is 29.9 Å². The van der Waals surface area contributed by atoms with Crippen molar-refractivity contribution in [1.29, 1.82) is 5.26 Å². The van der Waals surface area contributed by atoms with Gasteiger partial charge in [-0.1, -0.05) is 18.9 Å². The van der Waals surface area contributed by atoms with Crippen LogP contribution in [0.1, 0.15) is 42.7 Å². The van der Waals surface area contributed by atoms with E-state index >= 15 is 0 Å². The van der Waals surface area contributed by atoms with Gasteiger partial charge in [0.2, 0.25) is 11.6 Å². The third-order valence-electron chi connectivity index (χ3n) is 5.34. The minimum atomic E-state index is -0.354. The highest BCUT2D eigenvalue weighted by atomic mass is 32.1. The first kappa shape index (κ1) is 17.0. The minimum Gasteiger partial charge on any atom is -0.470 e. The average Bonchev–Trinajstić information content (AvgIpc) is 3.42. The van der Waals surface area contributed by atoms with Gasteiger partial charge >= 0.3 is 0 Å². The van der Waals surface area contributed by atoms with Crippen molar-refractivity contribution in [2.75, 3.05) is 13.1 Å². The van der Waals surface area contributed by atoms with Gasteiger partial charge < -0.3 is 9.64 Å². The van der Waals surface area contributed by atoms with Crippen molar-refractivity contribution in [3.8, 4) is 11.9 Å². The molecule has 4 rings (SSSR count). The summed E-state index contributed by atoms with van der Waals surface area (Å²) in [6.45, 7) is 1.21. The van der Waals surface area contributed by atoms with E-state index in [-0.39, 0.29) is 29.0 Å². The largest absolute Gasteiger partial charge is 0.470 e. The van der Waals surface area contributed by atoms with Crippen LogP contribution in [0.4, 0.5) is 0 Å². The maximum Gasteiger partial charge on any atom is 0.251 e. The fourth-order valence-corrected chi connectivity index (χ4v) is 5.03. The lowest BCUT2D eigenvalue weighted by atomic mass is 9.83. The molecule has 1 amide bonds. The first-order valence-electron chi connectivity index (χ1n) is 8.94. The maximum atomic E-state index is 13.4. The van der Waals surface area contributed by atoms with Gasteiger partial charge in [-0.05, 0) is 24.3 Å². The SMILES string of the molecule is N#Cc1nccnc1O[C@H]1CCN(C(=O)C2(c3cccs3)CCCC2)C1. The molecule has 2 aromatic rings. The lowest BCUT2D eigenvalue weighted by Crippen LogP contribution is -2.44. The molecule has 0 radical (unpaired) electrons. The number of thiophene rings is 1. The predicted molar refractivity (Wildman–Crippen MR) is 96.8 cm³/mol. The van der Waals surface area contributed by atoms with Gasteiger partial charge in [-0.25, -0.2) is 9.97 Å². The summed E-state index contributed by atoms with van der Waals surface area (Å²) in [5, 5.41) is 11.2. The van der Waals surface area contributed by atoms with Crippen molar-refractivity contribution < 1.29 is 9.53 Å². The summed E-state index contributed by atoms with van der Waals surface area (Å²) in [6, 6.07) is 6.12. The van der Waals surface area contributed by atoms with Crippen molar-refractivity contribution in [3.05, 3.63) is 40.5 Å². The number of carbonyl (C=O) groups excluding carboxylic acids is 1. The van der Waals surface area contributed by atoms with Crippen LogP contribution in [-0.4, -0.2) is 40.0 Å². The summed E-state index contributed by atoms with van der Waals surface area (Å²) >= 11 is 1.68. The van der Waals surface area contributed by atoms with Gasteiger partial charge in [0, 0.05) is 30.2 Å². The zero-order valence-corrected chi connectivity index (χ0v) is 15.2. The van der Waals surface area contributed by atoms with Crippen LogP contribution in [0.25, 0.3) is 0 Å². The van der Waals surface area contributed by atoms with E-state index in [1.807, 2.05) is 17.0 Å². The van der Waals surface area contributed by atoms with Gasteiger partial charge in [-0.3, -0.25) is 4.79 Å². The Kier molecular flexibility index (Phi) is 4.60. The Bertz CT molecular complexity index is 824. The van der Waals surface area contributed by atoms with Crippen LogP contribution in [0, 0.1) is 11.3 Å². The van der Waals surface area contributed by atoms with Gasteiger partial charge in [-0.15, -0.1) is 11.3 Å². The number of hydrogen-bond acceptors (Lipinski definition) is 6. The molecule has 1 saturated heterocycles. The van der Waals surface area contributed by atoms with E-state index < -0.39 is 0 Å². The zero-order chi connectivity index (χ0) is 18.0. The van der Waals surface area contributed by atoms with Crippen molar-refractivity contribution in [3.63, 3.8) is 0 Å². The molecule has 3 heterocycles. The van der Waals surface area contributed by atoms with Crippen molar-refractivity contribution >= 4 is 17.2 Å². The summed E-state index contributed by atoms with van der Waals surface area (Å²) in [7, 11) is 0. The van der Waals surface area contributed by atoms with E-state index in [2.05, 4.69) is 21.4 Å². The first-order chi connectivity index (χ1) is 12.7. The topological polar surface area (TPSA) is 79.1 Å². The number of rotatable bonds is 4. The fraction of sp³-hybridized carbons (Fsp3) is 0.474. The highest BCUT2D eigenvalue weighted by Crippen LogP contribution is 2.45. The predicted octanol–water partition coefficient (Wildman–Crippen LogP) is 2.90. The molecule has 1 aliphatic heterocycles. The summed E-state index contributed by atoms with van der Waals surface area (Å²) in [6.07, 6.45) is 7.64. The molecule has 26 heavy (non-hydrogen) atoms. The smallest absolute Gasteiger partial charge is 0.251 e. The monoisotopic (exact) mass is 368 g/mol. The Labute approximate surface area is 156 Å². The van der Waals surface area contributed by atoms with Crippen LogP contribution in [0.5, 0.6) is 5.88 Å². The third-order valence-corrected chi connectivity index (χ3v) is 6.41. The molecule has 134 valence electrons.